The molecule has 0 saturated carbocycles. The van der Waals surface area contributed by atoms with E-state index in [9.17, 15) is 14.7 Å². The zero-order valence-corrected chi connectivity index (χ0v) is 12.4. The van der Waals surface area contributed by atoms with Crippen molar-refractivity contribution in [2.75, 3.05) is 0 Å². The van der Waals surface area contributed by atoms with Crippen LogP contribution in [0.25, 0.3) is 11.3 Å². The van der Waals surface area contributed by atoms with Crippen LogP contribution in [0, 0.1) is 13.8 Å². The van der Waals surface area contributed by atoms with E-state index in [1.54, 1.807) is 0 Å². The van der Waals surface area contributed by atoms with Crippen molar-refractivity contribution >= 4 is 11.9 Å². The standard InChI is InChI=1S/C15H17N3O4/c1-9-5-6-11(8-10(9)2)14-13(15(21)22)16-17-18(14)7-3-4-12(19)20/h5-6,8H,3-4,7H2,1-2H3,(H,19,20)(H,21,22). The molecule has 1 aromatic heterocycles. The molecule has 0 aliphatic heterocycles. The first-order valence-electron chi connectivity index (χ1n) is 6.86. The van der Waals surface area contributed by atoms with Gasteiger partial charge in [-0.15, -0.1) is 5.10 Å². The number of benzene rings is 1. The van der Waals surface area contributed by atoms with Crippen molar-refractivity contribution in [1.29, 1.82) is 0 Å². The van der Waals surface area contributed by atoms with Crippen LogP contribution >= 0.6 is 0 Å². The second-order valence-electron chi connectivity index (χ2n) is 5.11. The third-order valence-corrected chi connectivity index (χ3v) is 3.48. The number of carbonyl (C=O) groups is 2. The summed E-state index contributed by atoms with van der Waals surface area (Å²) in [5.74, 6) is -2.05. The largest absolute Gasteiger partial charge is 0.481 e. The normalized spacial score (nSPS) is 10.6. The molecule has 0 spiro atoms. The van der Waals surface area contributed by atoms with Crippen LogP contribution in [0.15, 0.2) is 18.2 Å². The van der Waals surface area contributed by atoms with Crippen LogP contribution in [0.4, 0.5) is 0 Å². The van der Waals surface area contributed by atoms with Crippen LogP contribution < -0.4 is 0 Å². The van der Waals surface area contributed by atoms with E-state index in [2.05, 4.69) is 10.3 Å². The van der Waals surface area contributed by atoms with Gasteiger partial charge in [0.05, 0.1) is 0 Å². The molecule has 2 N–H and O–H groups in total. The highest BCUT2D eigenvalue weighted by molar-refractivity contribution is 5.92. The Morgan fingerprint density at radius 3 is 2.50 bits per heavy atom. The summed E-state index contributed by atoms with van der Waals surface area (Å²) in [6, 6.07) is 5.61. The topological polar surface area (TPSA) is 105 Å². The van der Waals surface area contributed by atoms with Crippen molar-refractivity contribution in [2.45, 2.75) is 33.2 Å². The smallest absolute Gasteiger partial charge is 0.358 e. The van der Waals surface area contributed by atoms with Crippen molar-refractivity contribution in [3.63, 3.8) is 0 Å². The fourth-order valence-electron chi connectivity index (χ4n) is 2.17. The van der Waals surface area contributed by atoms with E-state index in [1.807, 2.05) is 32.0 Å². The Hall–Kier alpha value is -2.70. The molecule has 7 heteroatoms. The number of aromatic nitrogens is 3. The molecule has 0 aliphatic carbocycles. The number of hydrogen-bond donors (Lipinski definition) is 2. The molecule has 0 fully saturated rings. The zero-order valence-electron chi connectivity index (χ0n) is 12.4. The first kappa shape index (κ1) is 15.7. The van der Waals surface area contributed by atoms with Gasteiger partial charge in [0.1, 0.15) is 5.69 Å². The molecular weight excluding hydrogens is 286 g/mol. The van der Waals surface area contributed by atoms with E-state index in [-0.39, 0.29) is 12.1 Å². The fraction of sp³-hybridized carbons (Fsp3) is 0.333. The summed E-state index contributed by atoms with van der Waals surface area (Å²) < 4.78 is 1.45. The molecule has 2 rings (SSSR count). The van der Waals surface area contributed by atoms with Gasteiger partial charge >= 0.3 is 11.9 Å². The number of rotatable bonds is 6. The molecule has 0 unspecified atom stereocenters. The minimum Gasteiger partial charge on any atom is -0.481 e. The summed E-state index contributed by atoms with van der Waals surface area (Å²) in [4.78, 5) is 21.9. The van der Waals surface area contributed by atoms with E-state index in [0.717, 1.165) is 11.1 Å². The summed E-state index contributed by atoms with van der Waals surface area (Å²) in [5.41, 5.74) is 3.12. The van der Waals surface area contributed by atoms with E-state index in [1.165, 1.54) is 4.68 Å². The van der Waals surface area contributed by atoms with Gasteiger partial charge in [0, 0.05) is 18.5 Å². The zero-order chi connectivity index (χ0) is 16.3. The maximum atomic E-state index is 11.3. The SMILES string of the molecule is Cc1ccc(-c2c(C(=O)O)nnn2CCCC(=O)O)cc1C. The summed E-state index contributed by atoms with van der Waals surface area (Å²) in [6.45, 7) is 4.21. The quantitative estimate of drug-likeness (QED) is 0.846. The van der Waals surface area contributed by atoms with Gasteiger partial charge in [0.25, 0.3) is 0 Å². The van der Waals surface area contributed by atoms with Crippen LogP contribution in [0.3, 0.4) is 0 Å². The molecule has 0 bridgehead atoms. The summed E-state index contributed by atoms with van der Waals surface area (Å²) >= 11 is 0. The number of aryl methyl sites for hydroxylation is 3. The van der Waals surface area contributed by atoms with Gasteiger partial charge in [-0.1, -0.05) is 17.3 Å². The molecule has 2 aromatic rings. The van der Waals surface area contributed by atoms with Gasteiger partial charge in [0.2, 0.25) is 0 Å². The van der Waals surface area contributed by atoms with Gasteiger partial charge in [-0.25, -0.2) is 9.48 Å². The Balaban J connectivity index is 2.41. The molecule has 1 aromatic carbocycles. The Morgan fingerprint density at radius 2 is 1.91 bits per heavy atom. The summed E-state index contributed by atoms with van der Waals surface area (Å²) in [6.07, 6.45) is 0.351. The highest BCUT2D eigenvalue weighted by atomic mass is 16.4. The Labute approximate surface area is 127 Å². The highest BCUT2D eigenvalue weighted by Gasteiger charge is 2.20. The number of carboxylic acids is 2. The third-order valence-electron chi connectivity index (χ3n) is 3.48. The van der Waals surface area contributed by atoms with Gasteiger partial charge in [-0.05, 0) is 37.5 Å². The van der Waals surface area contributed by atoms with Crippen molar-refractivity contribution in [3.8, 4) is 11.3 Å². The maximum absolute atomic E-state index is 11.3. The predicted octanol–water partition coefficient (Wildman–Crippen LogP) is 2.12. The molecule has 1 heterocycles. The Bertz CT molecular complexity index is 722. The number of aromatic carboxylic acids is 1. The van der Waals surface area contributed by atoms with E-state index >= 15 is 0 Å². The highest BCUT2D eigenvalue weighted by Crippen LogP contribution is 2.25. The lowest BCUT2D eigenvalue weighted by molar-refractivity contribution is -0.137. The third kappa shape index (κ3) is 3.30. The number of hydrogen-bond acceptors (Lipinski definition) is 4. The Kier molecular flexibility index (Phi) is 4.55. The Morgan fingerprint density at radius 1 is 1.18 bits per heavy atom. The molecule has 22 heavy (non-hydrogen) atoms. The lowest BCUT2D eigenvalue weighted by atomic mass is 10.0. The van der Waals surface area contributed by atoms with Crippen molar-refractivity contribution in [1.82, 2.24) is 15.0 Å². The fourth-order valence-corrected chi connectivity index (χ4v) is 2.17. The molecule has 116 valence electrons. The molecular formula is C15H17N3O4. The average molecular weight is 303 g/mol. The second kappa shape index (κ2) is 6.38. The monoisotopic (exact) mass is 303 g/mol. The maximum Gasteiger partial charge on any atom is 0.358 e. The molecule has 0 amide bonds. The lowest BCUT2D eigenvalue weighted by Gasteiger charge is -2.09. The minimum absolute atomic E-state index is 0.00533. The summed E-state index contributed by atoms with van der Waals surface area (Å²) in [5, 5.41) is 25.5. The van der Waals surface area contributed by atoms with E-state index in [4.69, 9.17) is 5.11 Å². The van der Waals surface area contributed by atoms with Crippen LogP contribution in [-0.2, 0) is 11.3 Å². The van der Waals surface area contributed by atoms with Gasteiger partial charge < -0.3 is 10.2 Å². The molecule has 0 aliphatic rings. The van der Waals surface area contributed by atoms with Crippen molar-refractivity contribution in [2.24, 2.45) is 0 Å². The van der Waals surface area contributed by atoms with Gasteiger partial charge in [-0.2, -0.15) is 0 Å². The lowest BCUT2D eigenvalue weighted by Crippen LogP contribution is -2.07. The average Bonchev–Trinajstić information content (AvgIpc) is 2.85. The number of aliphatic carboxylic acids is 1. The van der Waals surface area contributed by atoms with Crippen molar-refractivity contribution in [3.05, 3.63) is 35.0 Å². The van der Waals surface area contributed by atoms with Gasteiger partial charge in [-0.3, -0.25) is 4.79 Å². The van der Waals surface area contributed by atoms with Crippen LogP contribution in [0.1, 0.15) is 34.5 Å². The molecule has 0 saturated heterocycles. The molecule has 0 atom stereocenters. The first-order chi connectivity index (χ1) is 10.4. The predicted molar refractivity (Wildman–Crippen MR) is 78.8 cm³/mol. The second-order valence-corrected chi connectivity index (χ2v) is 5.11. The van der Waals surface area contributed by atoms with Crippen LogP contribution in [-0.4, -0.2) is 37.1 Å². The van der Waals surface area contributed by atoms with Crippen LogP contribution in [0.5, 0.6) is 0 Å². The van der Waals surface area contributed by atoms with Gasteiger partial charge in [0.15, 0.2) is 5.69 Å². The molecule has 7 nitrogen and oxygen atoms in total. The van der Waals surface area contributed by atoms with E-state index < -0.39 is 11.9 Å². The first-order valence-corrected chi connectivity index (χ1v) is 6.86. The summed E-state index contributed by atoms with van der Waals surface area (Å²) in [7, 11) is 0. The van der Waals surface area contributed by atoms with E-state index in [0.29, 0.717) is 24.2 Å². The minimum atomic E-state index is -1.15. The number of nitrogens with zero attached hydrogens (tertiary/aromatic N) is 3. The van der Waals surface area contributed by atoms with Crippen molar-refractivity contribution < 1.29 is 19.8 Å². The molecule has 0 radical (unpaired) electrons. The van der Waals surface area contributed by atoms with Crippen LogP contribution in [0.2, 0.25) is 0 Å². The number of carboxylic acid groups (broad SMARTS) is 2.